The fourth-order valence-corrected chi connectivity index (χ4v) is 3.25. The van der Waals surface area contributed by atoms with Crippen LogP contribution in [-0.4, -0.2) is 49.2 Å². The average molecular weight is 476 g/mol. The second-order valence-electron chi connectivity index (χ2n) is 7.61. The maximum Gasteiger partial charge on any atom is 0.420 e. The number of esters is 1. The maximum absolute atomic E-state index is 13.7. The molecule has 0 aliphatic carbocycles. The molecule has 0 heterocycles. The third kappa shape index (κ3) is 5.42. The number of imide groups is 1. The third-order valence-corrected chi connectivity index (χ3v) is 4.49. The zero-order valence-electron chi connectivity index (χ0n) is 17.9. The molecular weight excluding hydrogens is 455 g/mol. The Morgan fingerprint density at radius 3 is 2.09 bits per heavy atom. The summed E-state index contributed by atoms with van der Waals surface area (Å²) in [5.74, 6) is -2.51. The van der Waals surface area contributed by atoms with E-state index in [1.165, 1.54) is 6.07 Å². The molecule has 0 saturated carbocycles. The lowest BCUT2D eigenvalue weighted by atomic mass is 9.98. The van der Waals surface area contributed by atoms with Crippen molar-refractivity contribution in [3.8, 4) is 5.75 Å². The fraction of sp³-hybridized carbons (Fsp3) is 0.381. The first-order chi connectivity index (χ1) is 14.7. The molecule has 0 unspecified atom stereocenters. The van der Waals surface area contributed by atoms with Crippen molar-refractivity contribution in [2.24, 2.45) is 0 Å². The van der Waals surface area contributed by atoms with E-state index >= 15 is 0 Å². The molecule has 0 N–H and O–H groups in total. The van der Waals surface area contributed by atoms with Crippen molar-refractivity contribution in [2.75, 3.05) is 20.8 Å². The van der Waals surface area contributed by atoms with E-state index in [9.17, 15) is 27.6 Å². The SMILES string of the molecule is COC(=O)N(CC(=O)OC(C)(C)C)C(=O)c1c(Cl)ccc2c(C(F)(F)F)c(OC)ccc12. The van der Waals surface area contributed by atoms with Gasteiger partial charge in [-0.05, 0) is 49.7 Å². The van der Waals surface area contributed by atoms with Crippen molar-refractivity contribution in [3.63, 3.8) is 0 Å². The van der Waals surface area contributed by atoms with Crippen LogP contribution in [0.25, 0.3) is 10.8 Å². The Bertz CT molecular complexity index is 1060. The molecule has 0 radical (unpaired) electrons. The molecule has 174 valence electrons. The zero-order valence-corrected chi connectivity index (χ0v) is 18.7. The molecule has 0 atom stereocenters. The normalized spacial score (nSPS) is 11.8. The first kappa shape index (κ1) is 25.3. The van der Waals surface area contributed by atoms with Crippen LogP contribution in [0.4, 0.5) is 18.0 Å². The topological polar surface area (TPSA) is 82.1 Å². The highest BCUT2D eigenvalue weighted by Crippen LogP contribution is 2.43. The van der Waals surface area contributed by atoms with Gasteiger partial charge in [-0.25, -0.2) is 9.69 Å². The smallest absolute Gasteiger partial charge is 0.420 e. The van der Waals surface area contributed by atoms with Crippen LogP contribution in [0.5, 0.6) is 5.75 Å². The summed E-state index contributed by atoms with van der Waals surface area (Å²) in [6, 6.07) is 4.44. The molecule has 0 aliphatic rings. The number of hydrogen-bond donors (Lipinski definition) is 0. The minimum absolute atomic E-state index is 0.186. The number of amides is 2. The average Bonchev–Trinajstić information content (AvgIpc) is 2.67. The summed E-state index contributed by atoms with van der Waals surface area (Å²) >= 11 is 6.15. The Hall–Kier alpha value is -3.01. The van der Waals surface area contributed by atoms with E-state index in [1.54, 1.807) is 20.8 Å². The van der Waals surface area contributed by atoms with Crippen LogP contribution in [0.1, 0.15) is 36.7 Å². The standard InChI is InChI=1S/C21H21ClF3NO6/c1-20(2,3)32-15(27)10-26(19(29)31-5)18(28)16-11-7-9-14(30-4)17(21(23,24)25)12(11)6-8-13(16)22/h6-9H,10H2,1-5H3. The van der Waals surface area contributed by atoms with Gasteiger partial charge in [-0.3, -0.25) is 9.59 Å². The highest BCUT2D eigenvalue weighted by atomic mass is 35.5. The first-order valence-corrected chi connectivity index (χ1v) is 9.57. The van der Waals surface area contributed by atoms with Gasteiger partial charge in [0.1, 0.15) is 23.5 Å². The van der Waals surface area contributed by atoms with E-state index in [-0.39, 0.29) is 15.8 Å². The predicted octanol–water partition coefficient (Wildman–Crippen LogP) is 5.07. The van der Waals surface area contributed by atoms with Gasteiger partial charge in [-0.2, -0.15) is 13.2 Å². The summed E-state index contributed by atoms with van der Waals surface area (Å²) in [6.45, 7) is 3.92. The summed E-state index contributed by atoms with van der Waals surface area (Å²) in [5.41, 5.74) is -2.43. The van der Waals surface area contributed by atoms with E-state index in [2.05, 4.69) is 4.74 Å². The highest BCUT2D eigenvalue weighted by Gasteiger charge is 2.38. The molecule has 2 aromatic carbocycles. The Kier molecular flexibility index (Phi) is 7.29. The van der Waals surface area contributed by atoms with Crippen molar-refractivity contribution in [2.45, 2.75) is 32.5 Å². The van der Waals surface area contributed by atoms with E-state index in [1.807, 2.05) is 0 Å². The minimum Gasteiger partial charge on any atom is -0.496 e. The molecule has 0 spiro atoms. The van der Waals surface area contributed by atoms with Crippen LogP contribution in [0, 0.1) is 0 Å². The molecule has 0 aliphatic heterocycles. The van der Waals surface area contributed by atoms with Gasteiger partial charge < -0.3 is 14.2 Å². The number of carbonyl (C=O) groups is 3. The Balaban J connectivity index is 2.67. The van der Waals surface area contributed by atoms with Gasteiger partial charge in [0.05, 0.1) is 24.8 Å². The number of halogens is 4. The van der Waals surface area contributed by atoms with Gasteiger partial charge in [-0.15, -0.1) is 0 Å². The van der Waals surface area contributed by atoms with Crippen LogP contribution in [0.15, 0.2) is 24.3 Å². The summed E-state index contributed by atoms with van der Waals surface area (Å²) < 4.78 is 55.7. The molecule has 2 aromatic rings. The van der Waals surface area contributed by atoms with E-state index in [4.69, 9.17) is 21.1 Å². The summed E-state index contributed by atoms with van der Waals surface area (Å²) in [6.07, 6.45) is -6.02. The second-order valence-corrected chi connectivity index (χ2v) is 8.01. The van der Waals surface area contributed by atoms with E-state index in [0.29, 0.717) is 4.90 Å². The lowest BCUT2D eigenvalue weighted by Gasteiger charge is -2.24. The molecule has 0 fully saturated rings. The number of methoxy groups -OCH3 is 2. The van der Waals surface area contributed by atoms with E-state index in [0.717, 1.165) is 32.4 Å². The number of fused-ring (bicyclic) bond motifs is 1. The van der Waals surface area contributed by atoms with E-state index < -0.39 is 53.2 Å². The predicted molar refractivity (Wildman–Crippen MR) is 110 cm³/mol. The van der Waals surface area contributed by atoms with Crippen LogP contribution in [0.2, 0.25) is 5.02 Å². The quantitative estimate of drug-likeness (QED) is 0.574. The minimum atomic E-state index is -4.81. The van der Waals surface area contributed by atoms with Crippen molar-refractivity contribution in [1.29, 1.82) is 0 Å². The Labute approximate surface area is 187 Å². The van der Waals surface area contributed by atoms with Crippen LogP contribution in [-0.2, 0) is 20.4 Å². The monoisotopic (exact) mass is 475 g/mol. The fourth-order valence-electron chi connectivity index (χ4n) is 3.01. The number of hydrogen-bond acceptors (Lipinski definition) is 6. The molecule has 0 saturated heterocycles. The van der Waals surface area contributed by atoms with Crippen molar-refractivity contribution in [3.05, 3.63) is 40.4 Å². The number of ether oxygens (including phenoxy) is 3. The van der Waals surface area contributed by atoms with Gasteiger partial charge >= 0.3 is 18.2 Å². The molecule has 2 rings (SSSR count). The summed E-state index contributed by atoms with van der Waals surface area (Å²) in [7, 11) is 2.06. The highest BCUT2D eigenvalue weighted by molar-refractivity contribution is 6.36. The Morgan fingerprint density at radius 1 is 1.00 bits per heavy atom. The maximum atomic E-state index is 13.7. The van der Waals surface area contributed by atoms with Gasteiger partial charge in [0.25, 0.3) is 5.91 Å². The van der Waals surface area contributed by atoms with Gasteiger partial charge in [0, 0.05) is 0 Å². The van der Waals surface area contributed by atoms with Crippen LogP contribution >= 0.6 is 11.6 Å². The number of benzene rings is 2. The molecular formula is C21H21ClF3NO6. The van der Waals surface area contributed by atoms with Crippen molar-refractivity contribution in [1.82, 2.24) is 4.90 Å². The number of rotatable bonds is 4. The molecule has 7 nitrogen and oxygen atoms in total. The number of carbonyl (C=O) groups excluding carboxylic acids is 3. The number of alkyl halides is 3. The molecule has 32 heavy (non-hydrogen) atoms. The van der Waals surface area contributed by atoms with Crippen LogP contribution in [0.3, 0.4) is 0 Å². The summed E-state index contributed by atoms with van der Waals surface area (Å²) in [4.78, 5) is 38.1. The van der Waals surface area contributed by atoms with Gasteiger partial charge in [0.2, 0.25) is 0 Å². The third-order valence-electron chi connectivity index (χ3n) is 4.18. The zero-order chi connectivity index (χ0) is 24.4. The molecule has 0 bridgehead atoms. The van der Waals surface area contributed by atoms with Crippen molar-refractivity contribution >= 4 is 40.3 Å². The molecule has 2 amide bonds. The lowest BCUT2D eigenvalue weighted by molar-refractivity contribution is -0.155. The largest absolute Gasteiger partial charge is 0.496 e. The van der Waals surface area contributed by atoms with Crippen molar-refractivity contribution < 1.29 is 41.8 Å². The molecule has 11 heteroatoms. The molecule has 0 aromatic heterocycles. The summed E-state index contributed by atoms with van der Waals surface area (Å²) in [5, 5.41) is -0.778. The second kappa shape index (κ2) is 9.23. The Morgan fingerprint density at radius 2 is 1.59 bits per heavy atom. The van der Waals surface area contributed by atoms with Gasteiger partial charge in [0.15, 0.2) is 0 Å². The van der Waals surface area contributed by atoms with Crippen LogP contribution < -0.4 is 4.74 Å². The first-order valence-electron chi connectivity index (χ1n) is 9.19. The lowest BCUT2D eigenvalue weighted by Crippen LogP contribution is -2.42. The van der Waals surface area contributed by atoms with Gasteiger partial charge in [-0.1, -0.05) is 17.7 Å². The number of nitrogens with zero attached hydrogens (tertiary/aromatic N) is 1.